The van der Waals surface area contributed by atoms with Gasteiger partial charge in [0.15, 0.2) is 6.20 Å². The highest BCUT2D eigenvalue weighted by Gasteiger charge is 2.24. The number of halogens is 1. The quantitative estimate of drug-likeness (QED) is 0.585. The monoisotopic (exact) mass is 430 g/mol. The molecule has 1 aromatic carbocycles. The molecule has 4 rings (SSSR count). The minimum atomic E-state index is 0.0538. The van der Waals surface area contributed by atoms with E-state index in [-0.39, 0.29) is 11.6 Å². The summed E-state index contributed by atoms with van der Waals surface area (Å²) in [6.45, 7) is 4.08. The van der Waals surface area contributed by atoms with E-state index in [1.165, 1.54) is 16.2 Å². The topological polar surface area (TPSA) is 29.1 Å². The van der Waals surface area contributed by atoms with Gasteiger partial charge in [-0.15, -0.1) is 11.3 Å². The predicted molar refractivity (Wildman–Crippen MR) is 119 cm³/mol. The summed E-state index contributed by atoms with van der Waals surface area (Å²) in [5, 5.41) is 1.66. The summed E-state index contributed by atoms with van der Waals surface area (Å²) < 4.78 is 5.56. The van der Waals surface area contributed by atoms with Gasteiger partial charge in [0, 0.05) is 36.2 Å². The first kappa shape index (κ1) is 19.3. The van der Waals surface area contributed by atoms with Crippen molar-refractivity contribution >= 4 is 51.5 Å². The fourth-order valence-electron chi connectivity index (χ4n) is 3.26. The van der Waals surface area contributed by atoms with Gasteiger partial charge in [-0.25, -0.2) is 4.57 Å². The second kappa shape index (κ2) is 7.43. The van der Waals surface area contributed by atoms with Crippen molar-refractivity contribution in [2.75, 3.05) is 11.9 Å². The summed E-state index contributed by atoms with van der Waals surface area (Å²) in [4.78, 5) is 16.6. The van der Waals surface area contributed by atoms with Gasteiger partial charge in [-0.2, -0.15) is 0 Å². The molecule has 0 amide bonds. The molecule has 28 heavy (non-hydrogen) atoms. The molecule has 3 aromatic rings. The highest BCUT2D eigenvalue weighted by molar-refractivity contribution is 8.08. The van der Waals surface area contributed by atoms with Gasteiger partial charge >= 0.3 is 0 Å². The third-order valence-corrected chi connectivity index (χ3v) is 7.42. The average Bonchev–Trinajstić information content (AvgIpc) is 3.15. The molecule has 1 aliphatic rings. The summed E-state index contributed by atoms with van der Waals surface area (Å²) in [5.41, 5.74) is 2.15. The minimum absolute atomic E-state index is 0.0538. The van der Waals surface area contributed by atoms with Crippen molar-refractivity contribution in [1.82, 2.24) is 4.57 Å². The van der Waals surface area contributed by atoms with E-state index in [0.29, 0.717) is 5.02 Å². The summed E-state index contributed by atoms with van der Waals surface area (Å²) >= 11 is 9.37. The maximum Gasteiger partial charge on any atom is 0.271 e. The Morgan fingerprint density at radius 2 is 1.96 bits per heavy atom. The number of aryl methyl sites for hydroxylation is 1. The van der Waals surface area contributed by atoms with Crippen LogP contribution in [0, 0.1) is 0 Å². The van der Waals surface area contributed by atoms with Crippen LogP contribution in [0.5, 0.6) is 0 Å². The van der Waals surface area contributed by atoms with Crippen LogP contribution in [0.2, 0.25) is 5.02 Å². The van der Waals surface area contributed by atoms with E-state index in [0.717, 1.165) is 25.6 Å². The first-order valence-electron chi connectivity index (χ1n) is 9.00. The van der Waals surface area contributed by atoms with Crippen LogP contribution in [0.3, 0.4) is 0 Å². The lowest BCUT2D eigenvalue weighted by Crippen LogP contribution is -2.36. The number of hydrogen-bond acceptors (Lipinski definition) is 4. The molecule has 0 N–H and O–H groups in total. The van der Waals surface area contributed by atoms with Crippen LogP contribution in [0.25, 0.3) is 11.1 Å². The van der Waals surface area contributed by atoms with Crippen molar-refractivity contribution in [3.05, 3.63) is 72.9 Å². The number of rotatable bonds is 2. The zero-order chi connectivity index (χ0) is 20.0. The average molecular weight is 431 g/mol. The van der Waals surface area contributed by atoms with Gasteiger partial charge in [0.05, 0.1) is 10.7 Å². The molecule has 144 valence electrons. The molecule has 0 spiro atoms. The minimum Gasteiger partial charge on any atom is -0.337 e. The molecule has 7 heteroatoms. The maximum atomic E-state index is 13.3. The Morgan fingerprint density at radius 3 is 2.68 bits per heavy atom. The van der Waals surface area contributed by atoms with E-state index >= 15 is 0 Å². The largest absolute Gasteiger partial charge is 0.337 e. The summed E-state index contributed by atoms with van der Waals surface area (Å²) in [6.07, 6.45) is 3.96. The number of thiazole rings is 1. The van der Waals surface area contributed by atoms with Gasteiger partial charge < -0.3 is 4.90 Å². The number of anilines is 1. The van der Waals surface area contributed by atoms with Crippen molar-refractivity contribution in [3.63, 3.8) is 0 Å². The Labute approximate surface area is 177 Å². The Bertz CT molecular complexity index is 1240. The molecule has 0 fully saturated rings. The van der Waals surface area contributed by atoms with E-state index < -0.39 is 0 Å². The molecule has 0 aliphatic carbocycles. The van der Waals surface area contributed by atoms with Crippen molar-refractivity contribution in [2.24, 2.45) is 7.05 Å². The number of hydrogen-bond donors (Lipinski definition) is 0. The molecule has 0 saturated carbocycles. The molecule has 4 nitrogen and oxygen atoms in total. The van der Waals surface area contributed by atoms with E-state index in [1.807, 2.05) is 73.6 Å². The first-order chi connectivity index (χ1) is 13.4. The normalized spacial score (nSPS) is 16.2. The SMILES string of the molecule is CC(C)n1c(=Cc2cc(Cl)cc[n+]2C)sc(=C2Sc3ccccc3N2C)c1=O. The van der Waals surface area contributed by atoms with Gasteiger partial charge in [-0.3, -0.25) is 9.36 Å². The zero-order valence-corrected chi connectivity index (χ0v) is 18.5. The zero-order valence-electron chi connectivity index (χ0n) is 16.1. The number of para-hydroxylation sites is 1. The van der Waals surface area contributed by atoms with Crippen LogP contribution >= 0.6 is 34.7 Å². The summed E-state index contributed by atoms with van der Waals surface area (Å²) in [6, 6.07) is 12.1. The fourth-order valence-corrected chi connectivity index (χ4v) is 5.95. The smallest absolute Gasteiger partial charge is 0.271 e. The standard InChI is InChI=1S/C21H21ClN3OS2/c1-13(2)25-18(12-15-11-14(22)9-10-23(15)3)28-19(20(25)26)21-24(4)16-7-5-6-8-17(16)27-21/h5-13H,1-4H3/q+1. The highest BCUT2D eigenvalue weighted by Crippen LogP contribution is 2.44. The first-order valence-corrected chi connectivity index (χ1v) is 11.0. The van der Waals surface area contributed by atoms with Crippen molar-refractivity contribution < 1.29 is 4.57 Å². The Kier molecular flexibility index (Phi) is 5.12. The van der Waals surface area contributed by atoms with E-state index in [2.05, 4.69) is 17.0 Å². The molecular weight excluding hydrogens is 410 g/mol. The maximum absolute atomic E-state index is 13.3. The van der Waals surface area contributed by atoms with E-state index in [9.17, 15) is 4.79 Å². The highest BCUT2D eigenvalue weighted by atomic mass is 35.5. The van der Waals surface area contributed by atoms with Gasteiger partial charge in [0.2, 0.25) is 5.69 Å². The summed E-state index contributed by atoms with van der Waals surface area (Å²) in [7, 11) is 3.99. The number of nitrogens with zero attached hydrogens (tertiary/aromatic N) is 3. The Hall–Kier alpha value is -2.02. The number of fused-ring (bicyclic) bond motifs is 1. The van der Waals surface area contributed by atoms with Crippen molar-refractivity contribution in [1.29, 1.82) is 0 Å². The molecule has 0 atom stereocenters. The predicted octanol–water partition coefficient (Wildman–Crippen LogP) is 3.11. The van der Waals surface area contributed by atoms with Crippen LogP contribution in [0.4, 0.5) is 5.69 Å². The van der Waals surface area contributed by atoms with Crippen molar-refractivity contribution in [3.8, 4) is 0 Å². The molecule has 3 heterocycles. The van der Waals surface area contributed by atoms with E-state index in [4.69, 9.17) is 11.6 Å². The molecule has 0 unspecified atom stereocenters. The number of thioether (sulfide) groups is 1. The van der Waals surface area contributed by atoms with Crippen LogP contribution in [0.1, 0.15) is 25.6 Å². The lowest BCUT2D eigenvalue weighted by Gasteiger charge is -2.12. The van der Waals surface area contributed by atoms with Gasteiger partial charge in [0.25, 0.3) is 5.56 Å². The lowest BCUT2D eigenvalue weighted by atomic mass is 10.3. The Morgan fingerprint density at radius 1 is 1.21 bits per heavy atom. The third kappa shape index (κ3) is 3.30. The number of aromatic nitrogens is 2. The van der Waals surface area contributed by atoms with Crippen molar-refractivity contribution in [2.45, 2.75) is 24.8 Å². The van der Waals surface area contributed by atoms with Crippen LogP contribution < -0.4 is 24.2 Å². The van der Waals surface area contributed by atoms with E-state index in [1.54, 1.807) is 11.8 Å². The van der Waals surface area contributed by atoms with Crippen LogP contribution in [-0.2, 0) is 7.05 Å². The van der Waals surface area contributed by atoms with Gasteiger partial charge in [-0.1, -0.05) is 35.5 Å². The van der Waals surface area contributed by atoms with Gasteiger partial charge in [0.1, 0.15) is 21.3 Å². The van der Waals surface area contributed by atoms with Gasteiger partial charge in [-0.05, 0) is 26.0 Å². The van der Waals surface area contributed by atoms with Crippen LogP contribution in [0.15, 0.2) is 52.3 Å². The number of pyridine rings is 1. The fraction of sp³-hybridized carbons (Fsp3) is 0.238. The molecular formula is C21H21ClN3OS2+. The molecule has 1 aliphatic heterocycles. The lowest BCUT2D eigenvalue weighted by molar-refractivity contribution is -0.673. The molecule has 0 radical (unpaired) electrons. The molecule has 0 saturated heterocycles. The Balaban J connectivity index is 1.99. The van der Waals surface area contributed by atoms with Crippen LogP contribution in [-0.4, -0.2) is 11.6 Å². The third-order valence-electron chi connectivity index (χ3n) is 4.73. The molecule has 2 aromatic heterocycles. The molecule has 0 bridgehead atoms. The second-order valence-corrected chi connectivity index (χ2v) is 9.50. The number of benzene rings is 1. The summed E-state index contributed by atoms with van der Waals surface area (Å²) in [5.74, 6) is 0. The second-order valence-electron chi connectivity index (χ2n) is 7.00.